The van der Waals surface area contributed by atoms with Crippen molar-refractivity contribution in [2.45, 2.75) is 32.6 Å². The molecule has 0 heterocycles. The lowest BCUT2D eigenvalue weighted by Crippen LogP contribution is -2.10. The second-order valence-corrected chi connectivity index (χ2v) is 3.97. The Morgan fingerprint density at radius 2 is 1.94 bits per heavy atom. The van der Waals surface area contributed by atoms with Gasteiger partial charge in [0.05, 0.1) is 0 Å². The fourth-order valence-electron chi connectivity index (χ4n) is 1.57. The maximum atomic E-state index is 5.58. The minimum absolute atomic E-state index is 0.872. The van der Waals surface area contributed by atoms with Crippen LogP contribution in [-0.4, -0.2) is 23.8 Å². The van der Waals surface area contributed by atoms with Crippen LogP contribution in [0.1, 0.15) is 32.6 Å². The molecule has 0 saturated carbocycles. The molecule has 0 aliphatic carbocycles. The van der Waals surface area contributed by atoms with E-state index in [2.05, 4.69) is 11.9 Å². The standard InChI is InChI=1S/C14H21N3/c1-2-3-4-8-11-16-13-17(12-15)14-9-6-5-7-10-14/h5-7,9-10,12-13,15H,2-4,8,11H2,1H3/p+1. The molecule has 1 rings (SSSR count). The lowest BCUT2D eigenvalue weighted by molar-refractivity contribution is -0.290. The van der Waals surface area contributed by atoms with Crippen molar-refractivity contribution in [3.05, 3.63) is 30.3 Å². The molecular formula is C14H22N3+. The molecule has 3 heteroatoms. The Hall–Kier alpha value is -1.64. The molecule has 0 aromatic heterocycles. The largest absolute Gasteiger partial charge is 0.325 e. The summed E-state index contributed by atoms with van der Waals surface area (Å²) in [6, 6.07) is 9.97. The van der Waals surface area contributed by atoms with Gasteiger partial charge in [0.15, 0.2) is 6.34 Å². The molecule has 0 aliphatic rings. The van der Waals surface area contributed by atoms with Crippen LogP contribution in [0.3, 0.4) is 0 Å². The molecular weight excluding hydrogens is 210 g/mol. The Kier molecular flexibility index (Phi) is 6.72. The minimum atomic E-state index is 0.872. The molecule has 1 aromatic rings. The van der Waals surface area contributed by atoms with Crippen molar-refractivity contribution >= 4 is 18.4 Å². The van der Waals surface area contributed by atoms with Crippen LogP contribution in [0, 0.1) is 0 Å². The third-order valence-corrected chi connectivity index (χ3v) is 2.56. The highest BCUT2D eigenvalue weighted by molar-refractivity contribution is 5.61. The second kappa shape index (κ2) is 8.50. The van der Waals surface area contributed by atoms with E-state index >= 15 is 0 Å². The molecule has 2 N–H and O–H groups in total. The van der Waals surface area contributed by atoms with Gasteiger partial charge >= 0.3 is 0 Å². The number of aliphatic imine (C=N–C) groups is 1. The molecule has 0 amide bonds. The Bertz CT molecular complexity index is 355. The van der Waals surface area contributed by atoms with E-state index in [1.807, 2.05) is 34.9 Å². The summed E-state index contributed by atoms with van der Waals surface area (Å²) in [7, 11) is 0. The molecule has 1 aromatic carbocycles. The van der Waals surface area contributed by atoms with Crippen LogP contribution < -0.4 is 5.73 Å². The van der Waals surface area contributed by atoms with Gasteiger partial charge in [-0.1, -0.05) is 44.4 Å². The summed E-state index contributed by atoms with van der Waals surface area (Å²) in [5.41, 5.74) is 6.61. The van der Waals surface area contributed by atoms with Gasteiger partial charge in [-0.2, -0.15) is 4.99 Å². The fourth-order valence-corrected chi connectivity index (χ4v) is 1.57. The molecule has 0 saturated heterocycles. The summed E-state index contributed by atoms with van der Waals surface area (Å²) in [6.45, 7) is 3.08. The molecule has 0 fully saturated rings. The summed E-state index contributed by atoms with van der Waals surface area (Å²) in [4.78, 5) is 4.38. The van der Waals surface area contributed by atoms with Gasteiger partial charge in [0.25, 0.3) is 0 Å². The molecule has 0 spiro atoms. The van der Waals surface area contributed by atoms with Crippen molar-refractivity contribution in [2.24, 2.45) is 10.7 Å². The van der Waals surface area contributed by atoms with E-state index in [0.717, 1.165) is 18.7 Å². The molecule has 0 aliphatic heterocycles. The number of unbranched alkanes of at least 4 members (excludes halogenated alkanes) is 3. The summed E-state index contributed by atoms with van der Waals surface area (Å²) in [5.74, 6) is 0. The smallest absolute Gasteiger partial charge is 0.224 e. The van der Waals surface area contributed by atoms with Crippen molar-refractivity contribution in [3.63, 3.8) is 0 Å². The lowest BCUT2D eigenvalue weighted by atomic mass is 10.2. The molecule has 3 nitrogen and oxygen atoms in total. The van der Waals surface area contributed by atoms with Crippen LogP contribution in [0.4, 0.5) is 5.69 Å². The van der Waals surface area contributed by atoms with Crippen LogP contribution in [0.15, 0.2) is 35.3 Å². The van der Waals surface area contributed by atoms with Crippen LogP contribution >= 0.6 is 0 Å². The second-order valence-electron chi connectivity index (χ2n) is 3.97. The monoisotopic (exact) mass is 232 g/mol. The van der Waals surface area contributed by atoms with Gasteiger partial charge in [-0.3, -0.25) is 0 Å². The Morgan fingerprint density at radius 1 is 1.18 bits per heavy atom. The van der Waals surface area contributed by atoms with Gasteiger partial charge in [-0.05, 0) is 18.6 Å². The van der Waals surface area contributed by atoms with Gasteiger partial charge in [0.2, 0.25) is 6.34 Å². The average molecular weight is 232 g/mol. The summed E-state index contributed by atoms with van der Waals surface area (Å²) in [5, 5.41) is 0. The minimum Gasteiger partial charge on any atom is -0.325 e. The molecule has 0 atom stereocenters. The highest BCUT2D eigenvalue weighted by Crippen LogP contribution is 2.07. The van der Waals surface area contributed by atoms with Gasteiger partial charge in [0.1, 0.15) is 12.2 Å². The quantitative estimate of drug-likeness (QED) is 0.334. The predicted octanol–water partition coefficient (Wildman–Crippen LogP) is 2.93. The normalized spacial score (nSPS) is 12.2. The number of nitrogens with zero attached hydrogens (tertiary/aromatic N) is 2. The maximum Gasteiger partial charge on any atom is 0.224 e. The van der Waals surface area contributed by atoms with Crippen molar-refractivity contribution in [3.8, 4) is 0 Å². The number of benzene rings is 1. The van der Waals surface area contributed by atoms with Gasteiger partial charge in [0, 0.05) is 0 Å². The van der Waals surface area contributed by atoms with E-state index in [1.165, 1.54) is 25.6 Å². The van der Waals surface area contributed by atoms with Gasteiger partial charge < -0.3 is 5.73 Å². The molecule has 0 radical (unpaired) electrons. The zero-order chi connectivity index (χ0) is 12.3. The van der Waals surface area contributed by atoms with Crippen molar-refractivity contribution < 1.29 is 4.58 Å². The number of hydrogen-bond acceptors (Lipinski definition) is 1. The van der Waals surface area contributed by atoms with Crippen LogP contribution in [0.2, 0.25) is 0 Å². The summed E-state index contributed by atoms with van der Waals surface area (Å²) >= 11 is 0. The third kappa shape index (κ3) is 5.29. The van der Waals surface area contributed by atoms with E-state index in [4.69, 9.17) is 5.73 Å². The molecule has 0 unspecified atom stereocenters. The first-order valence-electron chi connectivity index (χ1n) is 6.27. The molecule has 92 valence electrons. The highest BCUT2D eigenvalue weighted by atomic mass is 15.1. The number of rotatable bonds is 7. The first kappa shape index (κ1) is 13.4. The molecule has 0 bridgehead atoms. The molecule has 17 heavy (non-hydrogen) atoms. The van der Waals surface area contributed by atoms with E-state index < -0.39 is 0 Å². The van der Waals surface area contributed by atoms with Crippen LogP contribution in [-0.2, 0) is 0 Å². The first-order valence-corrected chi connectivity index (χ1v) is 6.27. The zero-order valence-electron chi connectivity index (χ0n) is 10.5. The summed E-state index contributed by atoms with van der Waals surface area (Å²) in [6.07, 6.45) is 8.28. The topological polar surface area (TPSA) is 41.4 Å². The predicted molar refractivity (Wildman–Crippen MR) is 74.1 cm³/mol. The SMILES string of the molecule is CCCCCCN=C[N+](=CN)c1ccccc1. The van der Waals surface area contributed by atoms with Crippen LogP contribution in [0.25, 0.3) is 0 Å². The van der Waals surface area contributed by atoms with Crippen molar-refractivity contribution in [2.75, 3.05) is 6.54 Å². The van der Waals surface area contributed by atoms with Gasteiger partial charge in [-0.15, -0.1) is 0 Å². The number of para-hydroxylation sites is 1. The van der Waals surface area contributed by atoms with Crippen molar-refractivity contribution in [1.82, 2.24) is 0 Å². The fraction of sp³-hybridized carbons (Fsp3) is 0.429. The van der Waals surface area contributed by atoms with Gasteiger partial charge in [-0.25, -0.2) is 4.58 Å². The Balaban J connectivity index is 2.41. The van der Waals surface area contributed by atoms with Crippen molar-refractivity contribution in [1.29, 1.82) is 0 Å². The van der Waals surface area contributed by atoms with E-state index in [0.29, 0.717) is 0 Å². The summed E-state index contributed by atoms with van der Waals surface area (Å²) < 4.78 is 1.83. The number of hydrogen-bond donors (Lipinski definition) is 1. The van der Waals surface area contributed by atoms with E-state index in [-0.39, 0.29) is 0 Å². The van der Waals surface area contributed by atoms with E-state index in [9.17, 15) is 0 Å². The highest BCUT2D eigenvalue weighted by Gasteiger charge is 1.97. The average Bonchev–Trinajstić information content (AvgIpc) is 2.39. The lowest BCUT2D eigenvalue weighted by Gasteiger charge is -1.98. The third-order valence-electron chi connectivity index (χ3n) is 2.56. The maximum absolute atomic E-state index is 5.58. The van der Waals surface area contributed by atoms with E-state index in [1.54, 1.807) is 6.34 Å². The Labute approximate surface area is 104 Å². The van der Waals surface area contributed by atoms with Crippen LogP contribution in [0.5, 0.6) is 0 Å². The zero-order valence-corrected chi connectivity index (χ0v) is 10.5. The first-order chi connectivity index (χ1) is 8.38. The number of nitrogens with two attached hydrogens (primary N) is 1. The Morgan fingerprint density at radius 3 is 2.59 bits per heavy atom.